The number of likely N-dealkylation sites (tertiary alicyclic amines) is 1. The number of rotatable bonds is 11. The number of Topliss-reactive ketones (excluding diaryl/α,β-unsaturated/α-hetero) is 1. The van der Waals surface area contributed by atoms with Crippen molar-refractivity contribution in [3.8, 4) is 17.2 Å². The molecule has 0 spiro atoms. The van der Waals surface area contributed by atoms with E-state index in [1.54, 1.807) is 49.5 Å². The molecule has 0 aliphatic carbocycles. The van der Waals surface area contributed by atoms with Crippen molar-refractivity contribution < 1.29 is 28.9 Å². The van der Waals surface area contributed by atoms with Crippen molar-refractivity contribution in [3.63, 3.8) is 0 Å². The van der Waals surface area contributed by atoms with Gasteiger partial charge >= 0.3 is 0 Å². The van der Waals surface area contributed by atoms with Gasteiger partial charge in [-0.2, -0.15) is 0 Å². The van der Waals surface area contributed by atoms with E-state index in [2.05, 4.69) is 18.7 Å². The summed E-state index contributed by atoms with van der Waals surface area (Å²) in [6.45, 7) is 10.9. The quantitative estimate of drug-likeness (QED) is 0.284. The van der Waals surface area contributed by atoms with Crippen LogP contribution in [-0.4, -0.2) is 73.6 Å². The lowest BCUT2D eigenvalue weighted by Crippen LogP contribution is -2.38. The number of ketones is 1. The molecule has 2 aromatic carbocycles. The zero-order valence-corrected chi connectivity index (χ0v) is 22.0. The monoisotopic (exact) mass is 496 g/mol. The zero-order valence-electron chi connectivity index (χ0n) is 22.0. The molecule has 8 nitrogen and oxygen atoms in total. The molecule has 1 N–H and O–H groups in total. The summed E-state index contributed by atoms with van der Waals surface area (Å²) >= 11 is 0. The second kappa shape index (κ2) is 11.9. The van der Waals surface area contributed by atoms with Crippen LogP contribution >= 0.6 is 0 Å². The maximum atomic E-state index is 13.4. The molecule has 1 amide bonds. The maximum Gasteiger partial charge on any atom is 0.295 e. The summed E-state index contributed by atoms with van der Waals surface area (Å²) < 4.78 is 16.5. The van der Waals surface area contributed by atoms with Gasteiger partial charge in [-0.25, -0.2) is 0 Å². The molecule has 1 atom stereocenters. The van der Waals surface area contributed by atoms with E-state index in [1.807, 2.05) is 19.9 Å². The number of likely N-dealkylation sites (N-methyl/N-ethyl adjacent to an activating group) is 1. The molecule has 1 saturated heterocycles. The van der Waals surface area contributed by atoms with Gasteiger partial charge in [-0.05, 0) is 68.4 Å². The van der Waals surface area contributed by atoms with Crippen LogP contribution in [0.1, 0.15) is 43.5 Å². The van der Waals surface area contributed by atoms with Crippen LogP contribution in [0.5, 0.6) is 17.2 Å². The van der Waals surface area contributed by atoms with E-state index in [0.29, 0.717) is 48.1 Å². The van der Waals surface area contributed by atoms with Gasteiger partial charge in [0.1, 0.15) is 11.5 Å². The van der Waals surface area contributed by atoms with Gasteiger partial charge in [0.2, 0.25) is 0 Å². The van der Waals surface area contributed by atoms with Crippen LogP contribution in [0, 0.1) is 6.92 Å². The number of aliphatic hydroxyl groups excluding tert-OH is 1. The summed E-state index contributed by atoms with van der Waals surface area (Å²) in [4.78, 5) is 30.3. The maximum absolute atomic E-state index is 13.4. The summed E-state index contributed by atoms with van der Waals surface area (Å²) in [5, 5.41) is 11.4. The number of hydrogen-bond acceptors (Lipinski definition) is 7. The molecule has 1 fully saturated rings. The third-order valence-electron chi connectivity index (χ3n) is 6.58. The van der Waals surface area contributed by atoms with Crippen LogP contribution in [0.3, 0.4) is 0 Å². The van der Waals surface area contributed by atoms with Crippen molar-refractivity contribution in [1.82, 2.24) is 9.80 Å². The fraction of sp³-hybridized carbons (Fsp3) is 0.429. The Labute approximate surface area is 213 Å². The molecule has 1 aliphatic heterocycles. The Morgan fingerprint density at radius 3 is 2.31 bits per heavy atom. The predicted octanol–water partition coefficient (Wildman–Crippen LogP) is 4.17. The molecule has 3 rings (SSSR count). The highest BCUT2D eigenvalue weighted by atomic mass is 16.5. The van der Waals surface area contributed by atoms with E-state index in [0.717, 1.165) is 18.7 Å². The first-order valence-electron chi connectivity index (χ1n) is 12.3. The summed E-state index contributed by atoms with van der Waals surface area (Å²) in [6.07, 6.45) is 0. The SMILES string of the molecule is CCOc1ccc([C@@H]2C(=C(O)c3ccc(OC)cc3C)C(=O)C(=O)N2CCN(CC)CC)cc1OC. The number of aliphatic hydroxyl groups is 1. The second-order valence-corrected chi connectivity index (χ2v) is 8.54. The van der Waals surface area contributed by atoms with Crippen LogP contribution < -0.4 is 14.2 Å². The minimum Gasteiger partial charge on any atom is -0.507 e. The first kappa shape index (κ1) is 27.1. The lowest BCUT2D eigenvalue weighted by atomic mass is 9.93. The topological polar surface area (TPSA) is 88.5 Å². The van der Waals surface area contributed by atoms with Crippen LogP contribution in [0.4, 0.5) is 0 Å². The lowest BCUT2D eigenvalue weighted by molar-refractivity contribution is -0.140. The van der Waals surface area contributed by atoms with Crippen molar-refractivity contribution >= 4 is 17.4 Å². The van der Waals surface area contributed by atoms with Crippen LogP contribution in [0.2, 0.25) is 0 Å². The largest absolute Gasteiger partial charge is 0.507 e. The van der Waals surface area contributed by atoms with Gasteiger partial charge in [0.05, 0.1) is 32.4 Å². The Hall–Kier alpha value is -3.52. The summed E-state index contributed by atoms with van der Waals surface area (Å²) in [7, 11) is 3.11. The van der Waals surface area contributed by atoms with E-state index in [1.165, 1.54) is 0 Å². The number of aryl methyl sites for hydroxylation is 1. The van der Waals surface area contributed by atoms with Crippen LogP contribution in [0.15, 0.2) is 42.0 Å². The van der Waals surface area contributed by atoms with E-state index in [-0.39, 0.29) is 11.3 Å². The number of hydrogen-bond donors (Lipinski definition) is 1. The second-order valence-electron chi connectivity index (χ2n) is 8.54. The number of amides is 1. The smallest absolute Gasteiger partial charge is 0.295 e. The van der Waals surface area contributed by atoms with Crippen molar-refractivity contribution in [3.05, 3.63) is 58.7 Å². The average Bonchev–Trinajstić information content (AvgIpc) is 3.14. The fourth-order valence-electron chi connectivity index (χ4n) is 4.55. The van der Waals surface area contributed by atoms with Gasteiger partial charge in [0.25, 0.3) is 11.7 Å². The highest BCUT2D eigenvalue weighted by Crippen LogP contribution is 2.42. The molecule has 194 valence electrons. The van der Waals surface area contributed by atoms with E-state index < -0.39 is 17.7 Å². The Morgan fingerprint density at radius 2 is 1.72 bits per heavy atom. The Morgan fingerprint density at radius 1 is 1.00 bits per heavy atom. The van der Waals surface area contributed by atoms with Crippen LogP contribution in [0.25, 0.3) is 5.76 Å². The molecular weight excluding hydrogens is 460 g/mol. The molecule has 1 aliphatic rings. The number of ether oxygens (including phenoxy) is 3. The molecule has 2 aromatic rings. The number of carbonyl (C=O) groups excluding carboxylic acids is 2. The van der Waals surface area contributed by atoms with Crippen molar-refractivity contribution in [2.24, 2.45) is 0 Å². The molecule has 0 aromatic heterocycles. The normalized spacial score (nSPS) is 17.1. The number of nitrogens with zero attached hydrogens (tertiary/aromatic N) is 2. The van der Waals surface area contributed by atoms with Gasteiger partial charge in [-0.1, -0.05) is 19.9 Å². The predicted molar refractivity (Wildman–Crippen MR) is 139 cm³/mol. The molecule has 0 radical (unpaired) electrons. The minimum atomic E-state index is -0.772. The molecule has 8 heteroatoms. The molecule has 0 unspecified atom stereocenters. The van der Waals surface area contributed by atoms with Crippen molar-refractivity contribution in [2.45, 2.75) is 33.7 Å². The molecule has 0 bridgehead atoms. The highest BCUT2D eigenvalue weighted by Gasteiger charge is 2.46. The average molecular weight is 497 g/mol. The molecular formula is C28H36N2O6. The third-order valence-corrected chi connectivity index (χ3v) is 6.58. The van der Waals surface area contributed by atoms with Crippen molar-refractivity contribution in [2.75, 3.05) is 47.0 Å². The highest BCUT2D eigenvalue weighted by molar-refractivity contribution is 6.46. The minimum absolute atomic E-state index is 0.0547. The van der Waals surface area contributed by atoms with Gasteiger partial charge < -0.3 is 29.1 Å². The molecule has 36 heavy (non-hydrogen) atoms. The fourth-order valence-corrected chi connectivity index (χ4v) is 4.55. The molecule has 0 saturated carbocycles. The Bertz CT molecular complexity index is 1140. The summed E-state index contributed by atoms with van der Waals surface area (Å²) in [5.74, 6) is 0.139. The van der Waals surface area contributed by atoms with E-state index in [4.69, 9.17) is 14.2 Å². The summed E-state index contributed by atoms with van der Waals surface area (Å²) in [5.41, 5.74) is 1.91. The van der Waals surface area contributed by atoms with Gasteiger partial charge in [-0.3, -0.25) is 9.59 Å². The number of carbonyl (C=O) groups is 2. The van der Waals surface area contributed by atoms with E-state index >= 15 is 0 Å². The lowest BCUT2D eigenvalue weighted by Gasteiger charge is -2.28. The van der Waals surface area contributed by atoms with Gasteiger partial charge in [0.15, 0.2) is 11.5 Å². The summed E-state index contributed by atoms with van der Waals surface area (Å²) in [6, 6.07) is 9.76. The van der Waals surface area contributed by atoms with Crippen molar-refractivity contribution in [1.29, 1.82) is 0 Å². The third kappa shape index (κ3) is 5.33. The standard InChI is InChI=1S/C28H36N2O6/c1-7-29(8-2)14-15-30-25(19-10-13-22(36-9-3)23(17-19)35-6)24(27(32)28(30)33)26(31)21-12-11-20(34-5)16-18(21)4/h10-13,16-17,25,31H,7-9,14-15H2,1-6H3/t25-/m1/s1. The van der Waals surface area contributed by atoms with E-state index in [9.17, 15) is 14.7 Å². The number of methoxy groups -OCH3 is 2. The Balaban J connectivity index is 2.17. The zero-order chi connectivity index (χ0) is 26.4. The van der Waals surface area contributed by atoms with Crippen LogP contribution in [-0.2, 0) is 9.59 Å². The molecule has 1 heterocycles. The number of benzene rings is 2. The van der Waals surface area contributed by atoms with Gasteiger partial charge in [0, 0.05) is 18.7 Å². The Kier molecular flexibility index (Phi) is 8.98. The first-order valence-corrected chi connectivity index (χ1v) is 12.3. The first-order chi connectivity index (χ1) is 17.3. The van der Waals surface area contributed by atoms with Gasteiger partial charge in [-0.15, -0.1) is 0 Å².